The third-order valence-electron chi connectivity index (χ3n) is 6.39. The van der Waals surface area contributed by atoms with Crippen molar-refractivity contribution in [2.45, 2.75) is 38.6 Å². The lowest BCUT2D eigenvalue weighted by atomic mass is 10.2. The highest BCUT2D eigenvalue weighted by Gasteiger charge is 2.22. The zero-order valence-electron chi connectivity index (χ0n) is 20.7. The average Bonchev–Trinajstić information content (AvgIpc) is 3.46. The van der Waals surface area contributed by atoms with Crippen LogP contribution >= 0.6 is 0 Å². The SMILES string of the molecule is CCCCOc1nc(N2CCOCC2)nc2ccc(Oc3ccc(NC(=O)[C@@H]4CCCN4)cc3)cc12. The molecule has 190 valence electrons. The Hall–Kier alpha value is -3.43. The van der Waals surface area contributed by atoms with E-state index in [9.17, 15) is 4.79 Å². The molecule has 0 radical (unpaired) electrons. The molecule has 0 bridgehead atoms. The van der Waals surface area contributed by atoms with E-state index in [2.05, 4.69) is 22.5 Å². The van der Waals surface area contributed by atoms with Gasteiger partial charge in [-0.1, -0.05) is 13.3 Å². The summed E-state index contributed by atoms with van der Waals surface area (Å²) >= 11 is 0. The summed E-state index contributed by atoms with van der Waals surface area (Å²) in [5.74, 6) is 2.57. The van der Waals surface area contributed by atoms with Crippen LogP contribution in [0.3, 0.4) is 0 Å². The summed E-state index contributed by atoms with van der Waals surface area (Å²) in [6.45, 7) is 6.47. The van der Waals surface area contributed by atoms with Gasteiger partial charge in [-0.25, -0.2) is 4.98 Å². The Morgan fingerprint density at radius 2 is 1.94 bits per heavy atom. The molecule has 2 aliphatic rings. The molecule has 2 aliphatic heterocycles. The molecule has 2 aromatic carbocycles. The highest BCUT2D eigenvalue weighted by molar-refractivity contribution is 5.95. The number of hydrogen-bond donors (Lipinski definition) is 2. The van der Waals surface area contributed by atoms with Crippen LogP contribution in [0.1, 0.15) is 32.6 Å². The highest BCUT2D eigenvalue weighted by atomic mass is 16.5. The van der Waals surface area contributed by atoms with Crippen LogP contribution < -0.4 is 25.0 Å². The Morgan fingerprint density at radius 1 is 1.14 bits per heavy atom. The fourth-order valence-corrected chi connectivity index (χ4v) is 4.34. The molecule has 3 heterocycles. The van der Waals surface area contributed by atoms with Gasteiger partial charge in [0, 0.05) is 18.8 Å². The molecule has 2 fully saturated rings. The molecule has 2 N–H and O–H groups in total. The number of carbonyl (C=O) groups is 1. The molecular weight excluding hydrogens is 458 g/mol. The van der Waals surface area contributed by atoms with Crippen LogP contribution in [0.5, 0.6) is 17.4 Å². The van der Waals surface area contributed by atoms with Crippen molar-refractivity contribution in [3.8, 4) is 17.4 Å². The standard InChI is InChI=1S/C27H33N5O4/c1-2-3-15-35-26-22-18-21(10-11-23(22)30-27(31-26)32-13-16-34-17-14-32)36-20-8-6-19(7-9-20)29-25(33)24-5-4-12-28-24/h6-11,18,24,28H,2-5,12-17H2,1H3,(H,29,33)/t24-/m0/s1. The van der Waals surface area contributed by atoms with Crippen molar-refractivity contribution in [3.05, 3.63) is 42.5 Å². The van der Waals surface area contributed by atoms with E-state index in [0.29, 0.717) is 43.1 Å². The van der Waals surface area contributed by atoms with Gasteiger partial charge in [-0.3, -0.25) is 4.79 Å². The molecule has 36 heavy (non-hydrogen) atoms. The summed E-state index contributed by atoms with van der Waals surface area (Å²) in [4.78, 5) is 24.0. The Kier molecular flexibility index (Phi) is 7.78. The smallest absolute Gasteiger partial charge is 0.241 e. The fraction of sp³-hybridized carbons (Fsp3) is 0.444. The van der Waals surface area contributed by atoms with Gasteiger partial charge in [-0.15, -0.1) is 0 Å². The number of nitrogens with one attached hydrogen (secondary N) is 2. The summed E-state index contributed by atoms with van der Waals surface area (Å²) in [5.41, 5.74) is 1.55. The molecule has 1 atom stereocenters. The molecule has 1 aromatic heterocycles. The minimum Gasteiger partial charge on any atom is -0.477 e. The molecule has 1 amide bonds. The van der Waals surface area contributed by atoms with Crippen LogP contribution in [0.15, 0.2) is 42.5 Å². The molecule has 0 aliphatic carbocycles. The van der Waals surface area contributed by atoms with E-state index >= 15 is 0 Å². The molecule has 3 aromatic rings. The molecule has 9 nitrogen and oxygen atoms in total. The lowest BCUT2D eigenvalue weighted by Crippen LogP contribution is -2.37. The Balaban J connectivity index is 1.33. The number of ether oxygens (including phenoxy) is 3. The number of fused-ring (bicyclic) bond motifs is 1. The normalized spacial score (nSPS) is 17.8. The summed E-state index contributed by atoms with van der Waals surface area (Å²) < 4.78 is 17.7. The minimum absolute atomic E-state index is 0.00254. The van der Waals surface area contributed by atoms with Gasteiger partial charge in [0.2, 0.25) is 17.7 Å². The number of benzene rings is 2. The van der Waals surface area contributed by atoms with Gasteiger partial charge in [0.1, 0.15) is 11.5 Å². The molecule has 0 saturated carbocycles. The monoisotopic (exact) mass is 491 g/mol. The van der Waals surface area contributed by atoms with E-state index in [1.165, 1.54) is 0 Å². The van der Waals surface area contributed by atoms with Gasteiger partial charge in [-0.2, -0.15) is 4.98 Å². The molecule has 0 unspecified atom stereocenters. The van der Waals surface area contributed by atoms with Crippen molar-refractivity contribution in [2.24, 2.45) is 0 Å². The van der Waals surface area contributed by atoms with Gasteiger partial charge in [0.05, 0.1) is 36.8 Å². The summed E-state index contributed by atoms with van der Waals surface area (Å²) in [7, 11) is 0. The molecular formula is C27H33N5O4. The van der Waals surface area contributed by atoms with Crippen molar-refractivity contribution in [1.29, 1.82) is 0 Å². The lowest BCUT2D eigenvalue weighted by molar-refractivity contribution is -0.117. The van der Waals surface area contributed by atoms with E-state index in [1.807, 2.05) is 42.5 Å². The van der Waals surface area contributed by atoms with Gasteiger partial charge in [0.15, 0.2) is 0 Å². The minimum atomic E-state index is -0.113. The number of anilines is 2. The maximum atomic E-state index is 12.3. The predicted octanol–water partition coefficient (Wildman–Crippen LogP) is 4.13. The third kappa shape index (κ3) is 5.85. The first kappa shape index (κ1) is 24.3. The number of unbranched alkanes of at least 4 members (excludes halogenated alkanes) is 1. The largest absolute Gasteiger partial charge is 0.477 e. The zero-order valence-corrected chi connectivity index (χ0v) is 20.7. The second-order valence-corrected chi connectivity index (χ2v) is 9.07. The van der Waals surface area contributed by atoms with E-state index in [4.69, 9.17) is 24.2 Å². The van der Waals surface area contributed by atoms with Crippen LogP contribution in [0.2, 0.25) is 0 Å². The predicted molar refractivity (Wildman–Crippen MR) is 139 cm³/mol. The number of rotatable bonds is 9. The fourth-order valence-electron chi connectivity index (χ4n) is 4.34. The van der Waals surface area contributed by atoms with Crippen molar-refractivity contribution < 1.29 is 19.0 Å². The Bertz CT molecular complexity index is 1170. The number of nitrogens with zero attached hydrogens (tertiary/aromatic N) is 3. The van der Waals surface area contributed by atoms with E-state index in [0.717, 1.165) is 61.9 Å². The summed E-state index contributed by atoms with van der Waals surface area (Å²) in [5, 5.41) is 6.99. The lowest BCUT2D eigenvalue weighted by Gasteiger charge is -2.27. The number of aromatic nitrogens is 2. The zero-order chi connectivity index (χ0) is 24.7. The van der Waals surface area contributed by atoms with Crippen LogP contribution in [0.25, 0.3) is 10.9 Å². The first-order valence-corrected chi connectivity index (χ1v) is 12.8. The first-order valence-electron chi connectivity index (χ1n) is 12.8. The number of amides is 1. The van der Waals surface area contributed by atoms with E-state index in [1.54, 1.807) is 0 Å². The van der Waals surface area contributed by atoms with Gasteiger partial charge < -0.3 is 29.7 Å². The molecule has 5 rings (SSSR count). The van der Waals surface area contributed by atoms with Crippen LogP contribution in [-0.2, 0) is 9.53 Å². The van der Waals surface area contributed by atoms with Crippen LogP contribution in [0, 0.1) is 0 Å². The quantitative estimate of drug-likeness (QED) is 0.431. The van der Waals surface area contributed by atoms with Crippen LogP contribution in [0.4, 0.5) is 11.6 Å². The van der Waals surface area contributed by atoms with E-state index in [-0.39, 0.29) is 11.9 Å². The third-order valence-corrected chi connectivity index (χ3v) is 6.39. The van der Waals surface area contributed by atoms with E-state index < -0.39 is 0 Å². The van der Waals surface area contributed by atoms with Gasteiger partial charge in [0.25, 0.3) is 0 Å². The average molecular weight is 492 g/mol. The highest BCUT2D eigenvalue weighted by Crippen LogP contribution is 2.32. The summed E-state index contributed by atoms with van der Waals surface area (Å²) in [6.07, 6.45) is 3.90. The van der Waals surface area contributed by atoms with Crippen molar-refractivity contribution in [1.82, 2.24) is 15.3 Å². The Labute approximate surface area is 211 Å². The maximum absolute atomic E-state index is 12.3. The second-order valence-electron chi connectivity index (χ2n) is 9.07. The van der Waals surface area contributed by atoms with Crippen molar-refractivity contribution in [3.63, 3.8) is 0 Å². The second kappa shape index (κ2) is 11.5. The molecule has 0 spiro atoms. The Morgan fingerprint density at radius 3 is 2.69 bits per heavy atom. The van der Waals surface area contributed by atoms with Gasteiger partial charge >= 0.3 is 0 Å². The number of morpholine rings is 1. The molecule has 9 heteroatoms. The first-order chi connectivity index (χ1) is 17.7. The van der Waals surface area contributed by atoms with Crippen LogP contribution in [-0.4, -0.2) is 61.4 Å². The summed E-state index contributed by atoms with van der Waals surface area (Å²) in [6, 6.07) is 13.0. The van der Waals surface area contributed by atoms with Crippen molar-refractivity contribution in [2.75, 3.05) is 49.7 Å². The molecule has 2 saturated heterocycles. The maximum Gasteiger partial charge on any atom is 0.241 e. The van der Waals surface area contributed by atoms with Crippen molar-refractivity contribution >= 4 is 28.4 Å². The number of hydrogen-bond acceptors (Lipinski definition) is 8. The van der Waals surface area contributed by atoms with Gasteiger partial charge in [-0.05, 0) is 68.3 Å². The topological polar surface area (TPSA) is 97.8 Å². The number of carbonyl (C=O) groups excluding carboxylic acids is 1.